The first-order valence-corrected chi connectivity index (χ1v) is 5.63. The minimum Gasteiger partial charge on any atom is -0.495 e. The van der Waals surface area contributed by atoms with Crippen LogP contribution < -0.4 is 10.1 Å². The summed E-state index contributed by atoms with van der Waals surface area (Å²) in [6, 6.07) is 3.37. The quantitative estimate of drug-likeness (QED) is 0.871. The van der Waals surface area contributed by atoms with Crippen molar-refractivity contribution in [3.63, 3.8) is 0 Å². The molecule has 0 radical (unpaired) electrons. The van der Waals surface area contributed by atoms with E-state index in [0.29, 0.717) is 22.0 Å². The molecule has 0 spiro atoms. The Balaban J connectivity index is 3.36. The summed E-state index contributed by atoms with van der Waals surface area (Å²) in [5, 5.41) is 12.4. The summed E-state index contributed by atoms with van der Waals surface area (Å²) in [6.07, 6.45) is 0. The van der Waals surface area contributed by atoms with Crippen molar-refractivity contribution in [2.24, 2.45) is 0 Å². The normalized spacial score (nSPS) is 12.1. The molecule has 1 aromatic rings. The topological polar surface area (TPSA) is 58.6 Å². The lowest BCUT2D eigenvalue weighted by Gasteiger charge is -2.19. The number of aliphatic hydroxyl groups is 1. The van der Waals surface area contributed by atoms with Crippen LogP contribution in [0, 0.1) is 0 Å². The number of rotatable bonds is 4. The van der Waals surface area contributed by atoms with Gasteiger partial charge in [-0.2, -0.15) is 0 Å². The van der Waals surface area contributed by atoms with E-state index in [0.717, 1.165) is 0 Å². The average molecular weight is 258 g/mol. The smallest absolute Gasteiger partial charge is 0.221 e. The molecule has 1 unspecified atom stereocenters. The summed E-state index contributed by atoms with van der Waals surface area (Å²) in [7, 11) is 1.52. The highest BCUT2D eigenvalue weighted by molar-refractivity contribution is 6.32. The lowest BCUT2D eigenvalue weighted by molar-refractivity contribution is -0.114. The highest BCUT2D eigenvalue weighted by atomic mass is 35.5. The number of hydrogen-bond acceptors (Lipinski definition) is 3. The van der Waals surface area contributed by atoms with Crippen LogP contribution in [0.4, 0.5) is 5.69 Å². The number of halogens is 1. The third kappa shape index (κ3) is 3.11. The molecule has 4 nitrogen and oxygen atoms in total. The van der Waals surface area contributed by atoms with Gasteiger partial charge in [0.25, 0.3) is 0 Å². The Bertz CT molecular complexity index is 420. The first-order valence-electron chi connectivity index (χ1n) is 5.26. The number of carbonyl (C=O) groups is 1. The molecule has 0 aliphatic heterocycles. The predicted octanol–water partition coefficient (Wildman–Crippen LogP) is 2.40. The van der Waals surface area contributed by atoms with Crippen LogP contribution in [0.3, 0.4) is 0 Å². The van der Waals surface area contributed by atoms with Gasteiger partial charge in [-0.3, -0.25) is 4.79 Å². The summed E-state index contributed by atoms with van der Waals surface area (Å²) in [5.41, 5.74) is 1.21. The molecule has 0 fully saturated rings. The monoisotopic (exact) mass is 257 g/mol. The maximum atomic E-state index is 11.2. The van der Waals surface area contributed by atoms with E-state index in [1.54, 1.807) is 12.1 Å². The molecule has 0 aliphatic rings. The maximum absolute atomic E-state index is 11.2. The van der Waals surface area contributed by atoms with E-state index in [9.17, 15) is 9.90 Å². The number of aliphatic hydroxyl groups excluding tert-OH is 1. The fraction of sp³-hybridized carbons (Fsp3) is 0.417. The molecular formula is C12H16ClNO3. The fourth-order valence-electron chi connectivity index (χ4n) is 1.62. The third-order valence-electron chi connectivity index (χ3n) is 2.44. The standard InChI is InChI=1S/C12H16ClNO3/c1-7(6-15)11-9(13)4-5-10(17-3)12(11)14-8(2)16/h4-5,7,15H,6H2,1-3H3,(H,14,16). The van der Waals surface area contributed by atoms with E-state index >= 15 is 0 Å². The van der Waals surface area contributed by atoms with E-state index in [1.165, 1.54) is 14.0 Å². The Hall–Kier alpha value is -1.26. The van der Waals surface area contributed by atoms with Crippen LogP contribution in [0.25, 0.3) is 0 Å². The van der Waals surface area contributed by atoms with Crippen LogP contribution in [0.2, 0.25) is 5.02 Å². The van der Waals surface area contributed by atoms with E-state index in [2.05, 4.69) is 5.32 Å². The van der Waals surface area contributed by atoms with Crippen LogP contribution in [0.15, 0.2) is 12.1 Å². The number of benzene rings is 1. The SMILES string of the molecule is COc1ccc(Cl)c(C(C)CO)c1NC(C)=O. The Morgan fingerprint density at radius 2 is 2.24 bits per heavy atom. The number of anilines is 1. The lowest BCUT2D eigenvalue weighted by Crippen LogP contribution is -2.12. The van der Waals surface area contributed by atoms with Gasteiger partial charge in [-0.15, -0.1) is 0 Å². The van der Waals surface area contributed by atoms with Crippen molar-refractivity contribution in [1.29, 1.82) is 0 Å². The molecule has 0 bridgehead atoms. The van der Waals surface area contributed by atoms with Crippen molar-refractivity contribution in [2.45, 2.75) is 19.8 Å². The number of nitrogens with one attached hydrogen (secondary N) is 1. The maximum Gasteiger partial charge on any atom is 0.221 e. The zero-order chi connectivity index (χ0) is 13.0. The molecule has 2 N–H and O–H groups in total. The van der Waals surface area contributed by atoms with Gasteiger partial charge in [-0.25, -0.2) is 0 Å². The van der Waals surface area contributed by atoms with Crippen molar-refractivity contribution < 1.29 is 14.6 Å². The second kappa shape index (κ2) is 5.89. The molecule has 1 atom stereocenters. The van der Waals surface area contributed by atoms with Crippen molar-refractivity contribution >= 4 is 23.2 Å². The van der Waals surface area contributed by atoms with Crippen LogP contribution in [-0.4, -0.2) is 24.7 Å². The van der Waals surface area contributed by atoms with Gasteiger partial charge in [-0.1, -0.05) is 18.5 Å². The minimum absolute atomic E-state index is 0.0561. The average Bonchev–Trinajstić information content (AvgIpc) is 2.28. The first kappa shape index (κ1) is 13.8. The summed E-state index contributed by atoms with van der Waals surface area (Å²) in [4.78, 5) is 11.2. The molecule has 0 aliphatic carbocycles. The minimum atomic E-state index is -0.211. The summed E-state index contributed by atoms with van der Waals surface area (Å²) in [5.74, 6) is 0.135. The van der Waals surface area contributed by atoms with Crippen LogP contribution in [0.1, 0.15) is 25.3 Å². The number of carbonyl (C=O) groups excluding carboxylic acids is 1. The molecule has 1 aromatic carbocycles. The van der Waals surface area contributed by atoms with E-state index in [1.807, 2.05) is 6.92 Å². The first-order chi connectivity index (χ1) is 8.01. The molecule has 94 valence electrons. The van der Waals surface area contributed by atoms with Gasteiger partial charge in [0.1, 0.15) is 5.75 Å². The molecule has 1 amide bonds. The molecule has 17 heavy (non-hydrogen) atoms. The van der Waals surface area contributed by atoms with Gasteiger partial charge >= 0.3 is 0 Å². The Morgan fingerprint density at radius 1 is 1.59 bits per heavy atom. The lowest BCUT2D eigenvalue weighted by atomic mass is 9.99. The summed E-state index contributed by atoms with van der Waals surface area (Å²) < 4.78 is 5.18. The Labute approximate surface area is 106 Å². The predicted molar refractivity (Wildman–Crippen MR) is 67.8 cm³/mol. The number of amides is 1. The molecule has 0 aromatic heterocycles. The molecule has 1 rings (SSSR count). The zero-order valence-electron chi connectivity index (χ0n) is 10.1. The Kier molecular flexibility index (Phi) is 4.78. The van der Waals surface area contributed by atoms with Crippen molar-refractivity contribution in [3.05, 3.63) is 22.7 Å². The Morgan fingerprint density at radius 3 is 2.71 bits per heavy atom. The molecule has 5 heteroatoms. The zero-order valence-corrected chi connectivity index (χ0v) is 10.8. The number of hydrogen-bond donors (Lipinski definition) is 2. The van der Waals surface area contributed by atoms with Gasteiger partial charge in [0.2, 0.25) is 5.91 Å². The van der Waals surface area contributed by atoms with Crippen molar-refractivity contribution in [3.8, 4) is 5.75 Å². The highest BCUT2D eigenvalue weighted by Gasteiger charge is 2.18. The van der Waals surface area contributed by atoms with E-state index < -0.39 is 0 Å². The van der Waals surface area contributed by atoms with Gasteiger partial charge in [0, 0.05) is 30.0 Å². The molecule has 0 saturated carbocycles. The second-order valence-electron chi connectivity index (χ2n) is 3.80. The highest BCUT2D eigenvalue weighted by Crippen LogP contribution is 2.38. The molecular weight excluding hydrogens is 242 g/mol. The summed E-state index contributed by atoms with van der Waals surface area (Å²) >= 11 is 6.10. The number of methoxy groups -OCH3 is 1. The van der Waals surface area contributed by atoms with Crippen molar-refractivity contribution in [2.75, 3.05) is 19.0 Å². The fourth-order valence-corrected chi connectivity index (χ4v) is 1.97. The van der Waals surface area contributed by atoms with Crippen LogP contribution in [-0.2, 0) is 4.79 Å². The van der Waals surface area contributed by atoms with Gasteiger partial charge in [0.05, 0.1) is 12.8 Å². The summed E-state index contributed by atoms with van der Waals surface area (Å²) in [6.45, 7) is 3.18. The number of ether oxygens (including phenoxy) is 1. The van der Waals surface area contributed by atoms with E-state index in [4.69, 9.17) is 16.3 Å². The second-order valence-corrected chi connectivity index (χ2v) is 4.21. The molecule has 0 saturated heterocycles. The van der Waals surface area contributed by atoms with Gasteiger partial charge in [0.15, 0.2) is 0 Å². The van der Waals surface area contributed by atoms with Gasteiger partial charge < -0.3 is 15.2 Å². The van der Waals surface area contributed by atoms with Crippen LogP contribution >= 0.6 is 11.6 Å². The third-order valence-corrected chi connectivity index (χ3v) is 2.77. The largest absolute Gasteiger partial charge is 0.495 e. The van der Waals surface area contributed by atoms with Crippen LogP contribution in [0.5, 0.6) is 5.75 Å². The van der Waals surface area contributed by atoms with Gasteiger partial charge in [-0.05, 0) is 12.1 Å². The van der Waals surface area contributed by atoms with E-state index in [-0.39, 0.29) is 18.4 Å². The molecule has 0 heterocycles. The van der Waals surface area contributed by atoms with Crippen molar-refractivity contribution in [1.82, 2.24) is 0 Å².